The summed E-state index contributed by atoms with van der Waals surface area (Å²) in [5.41, 5.74) is 2.58. The number of aryl methyl sites for hydroxylation is 1. The van der Waals surface area contributed by atoms with Gasteiger partial charge in [0, 0.05) is 15.1 Å². The first-order chi connectivity index (χ1) is 14.7. The highest BCUT2D eigenvalue weighted by Gasteiger charge is 2.25. The third-order valence-electron chi connectivity index (χ3n) is 4.63. The fraction of sp³-hybridized carbons (Fsp3) is 0.100. The molecule has 1 atom stereocenters. The summed E-state index contributed by atoms with van der Waals surface area (Å²) in [4.78, 5) is 17.6. The molecule has 0 aliphatic heterocycles. The van der Waals surface area contributed by atoms with Crippen molar-refractivity contribution in [1.29, 1.82) is 0 Å². The molecule has 1 amide bonds. The van der Waals surface area contributed by atoms with Crippen LogP contribution in [0.15, 0.2) is 53.0 Å². The molecule has 4 aromatic rings. The van der Waals surface area contributed by atoms with Crippen molar-refractivity contribution in [3.05, 3.63) is 79.3 Å². The van der Waals surface area contributed by atoms with E-state index in [4.69, 9.17) is 23.2 Å². The average molecular weight is 559 g/mol. The number of hydrogen-bond donors (Lipinski definition) is 1. The summed E-state index contributed by atoms with van der Waals surface area (Å²) in [5.74, 6) is 0.138. The summed E-state index contributed by atoms with van der Waals surface area (Å²) < 4.78 is 25.7. The third kappa shape index (κ3) is 4.57. The molecule has 31 heavy (non-hydrogen) atoms. The van der Waals surface area contributed by atoms with E-state index < -0.39 is 17.2 Å². The van der Waals surface area contributed by atoms with E-state index in [0.29, 0.717) is 21.4 Å². The van der Waals surface area contributed by atoms with Crippen LogP contribution in [-0.4, -0.2) is 24.2 Å². The van der Waals surface area contributed by atoms with Crippen molar-refractivity contribution in [1.82, 2.24) is 9.55 Å². The van der Waals surface area contributed by atoms with E-state index in [9.17, 15) is 13.6 Å². The van der Waals surface area contributed by atoms with Gasteiger partial charge in [-0.2, -0.15) is 4.31 Å². The van der Waals surface area contributed by atoms with Crippen molar-refractivity contribution in [2.45, 2.75) is 13.5 Å². The van der Waals surface area contributed by atoms with Crippen LogP contribution in [0, 0.1) is 6.92 Å². The number of fused-ring (bicyclic) bond motifs is 1. The van der Waals surface area contributed by atoms with Gasteiger partial charge in [-0.1, -0.05) is 45.2 Å². The molecule has 0 spiro atoms. The smallest absolute Gasteiger partial charge is 0.272 e. The van der Waals surface area contributed by atoms with Crippen molar-refractivity contribution in [3.8, 4) is 0 Å². The van der Waals surface area contributed by atoms with Gasteiger partial charge in [0.05, 0.1) is 21.9 Å². The number of nitrogens with zero attached hydrogens (tertiary/aromatic N) is 3. The van der Waals surface area contributed by atoms with E-state index in [0.717, 1.165) is 37.0 Å². The number of benzene rings is 2. The van der Waals surface area contributed by atoms with Gasteiger partial charge in [0.15, 0.2) is 0 Å². The maximum atomic E-state index is 13.1. The van der Waals surface area contributed by atoms with Crippen LogP contribution >= 0.6 is 50.5 Å². The van der Waals surface area contributed by atoms with Gasteiger partial charge in [-0.05, 0) is 55.0 Å². The first-order valence-corrected chi connectivity index (χ1v) is 12.3. The summed E-state index contributed by atoms with van der Waals surface area (Å²) in [7, 11) is 0. The number of amides is 1. The fourth-order valence-electron chi connectivity index (χ4n) is 3.18. The first kappa shape index (κ1) is 22.4. The lowest BCUT2D eigenvalue weighted by Crippen LogP contribution is -2.31. The summed E-state index contributed by atoms with van der Waals surface area (Å²) in [6.07, 6.45) is 0. The van der Waals surface area contributed by atoms with E-state index in [1.165, 1.54) is 6.07 Å². The van der Waals surface area contributed by atoms with Crippen LogP contribution in [0.5, 0.6) is 0 Å². The van der Waals surface area contributed by atoms with Crippen LogP contribution in [0.3, 0.4) is 0 Å². The van der Waals surface area contributed by atoms with Crippen LogP contribution in [0.1, 0.15) is 21.7 Å². The maximum absolute atomic E-state index is 13.1. The zero-order valence-corrected chi connectivity index (χ0v) is 20.6. The molecule has 2 aromatic heterocycles. The minimum Gasteiger partial charge on any atom is -0.324 e. The van der Waals surface area contributed by atoms with Gasteiger partial charge in [0.2, 0.25) is 0 Å². The molecule has 0 aliphatic carbocycles. The molecule has 160 valence electrons. The molecule has 11 heteroatoms. The number of thiophene rings is 1. The van der Waals surface area contributed by atoms with Crippen molar-refractivity contribution >= 4 is 83.7 Å². The van der Waals surface area contributed by atoms with E-state index in [2.05, 4.69) is 20.9 Å². The zero-order valence-electron chi connectivity index (χ0n) is 15.9. The van der Waals surface area contributed by atoms with E-state index in [1.807, 2.05) is 29.7 Å². The van der Waals surface area contributed by atoms with Gasteiger partial charge in [-0.15, -0.1) is 11.3 Å². The van der Waals surface area contributed by atoms with Crippen molar-refractivity contribution in [3.63, 3.8) is 0 Å². The van der Waals surface area contributed by atoms with Gasteiger partial charge in [-0.25, -0.2) is 9.19 Å². The van der Waals surface area contributed by atoms with E-state index in [1.54, 1.807) is 24.3 Å². The van der Waals surface area contributed by atoms with E-state index >= 15 is 0 Å². The number of anilines is 1. The Morgan fingerprint density at radius 2 is 2.00 bits per heavy atom. The lowest BCUT2D eigenvalue weighted by Gasteiger charge is -2.16. The first-order valence-electron chi connectivity index (χ1n) is 8.86. The van der Waals surface area contributed by atoms with Crippen molar-refractivity contribution < 1.29 is 13.6 Å². The number of halogens is 3. The van der Waals surface area contributed by atoms with Crippen molar-refractivity contribution in [2.24, 2.45) is 0 Å². The van der Waals surface area contributed by atoms with Gasteiger partial charge < -0.3 is 4.57 Å². The molecule has 1 N–H and O–H groups in total. The minimum atomic E-state index is -2.55. The van der Waals surface area contributed by atoms with Crippen LogP contribution in [-0.2, 0) is 17.8 Å². The Morgan fingerprint density at radius 3 is 2.65 bits per heavy atom. The lowest BCUT2D eigenvalue weighted by atomic mass is 10.1. The third-order valence-corrected chi connectivity index (χ3v) is 7.48. The van der Waals surface area contributed by atoms with Crippen LogP contribution < -0.4 is 4.31 Å². The largest absolute Gasteiger partial charge is 0.324 e. The van der Waals surface area contributed by atoms with Crippen LogP contribution in [0.2, 0.25) is 9.36 Å². The number of carbonyl (C=O) groups excluding carboxylic acids is 1. The van der Waals surface area contributed by atoms with Crippen molar-refractivity contribution in [2.75, 3.05) is 4.31 Å². The molecule has 0 saturated carbocycles. The topological polar surface area (TPSA) is 75.4 Å². The number of imidazole rings is 1. The van der Waals surface area contributed by atoms with Gasteiger partial charge >= 0.3 is 0 Å². The molecule has 0 saturated heterocycles. The molecule has 1 unspecified atom stereocenters. The van der Waals surface area contributed by atoms with Crippen LogP contribution in [0.4, 0.5) is 5.00 Å². The quantitative estimate of drug-likeness (QED) is 0.291. The highest BCUT2D eigenvalue weighted by Crippen LogP contribution is 2.32. The van der Waals surface area contributed by atoms with E-state index in [-0.39, 0.29) is 10.6 Å². The number of hydrogen-bond acceptors (Lipinski definition) is 4. The minimum absolute atomic E-state index is 0.252. The second kappa shape index (κ2) is 9.01. The monoisotopic (exact) mass is 557 g/mol. The SMILES string of the molecule is Cc1nc2ccc(C(=O)N(c3ccc(Cl)s3)S(=O)O)cc2n1Cc1ccc(Br)cc1Cl. The highest BCUT2D eigenvalue weighted by molar-refractivity contribution is 9.10. The number of aromatic nitrogens is 2. The Morgan fingerprint density at radius 1 is 1.23 bits per heavy atom. The zero-order chi connectivity index (χ0) is 22.3. The van der Waals surface area contributed by atoms with Crippen LogP contribution in [0.25, 0.3) is 11.0 Å². The lowest BCUT2D eigenvalue weighted by molar-refractivity contribution is 0.101. The molecule has 0 radical (unpaired) electrons. The summed E-state index contributed by atoms with van der Waals surface area (Å²) in [6, 6.07) is 13.7. The molecule has 0 aliphatic rings. The fourth-order valence-corrected chi connectivity index (χ4v) is 5.61. The molecule has 0 bridgehead atoms. The molecular weight excluding hydrogens is 545 g/mol. The molecule has 4 rings (SSSR count). The summed E-state index contributed by atoms with van der Waals surface area (Å²) >= 11 is 14.2. The Bertz CT molecular complexity index is 1340. The number of rotatable bonds is 5. The Hall–Kier alpha value is -1.75. The predicted molar refractivity (Wildman–Crippen MR) is 130 cm³/mol. The molecular formula is C20H14BrCl2N3O3S2. The summed E-state index contributed by atoms with van der Waals surface area (Å²) in [6.45, 7) is 2.33. The average Bonchev–Trinajstić information content (AvgIpc) is 3.26. The normalized spacial score (nSPS) is 12.3. The Labute approximate surface area is 203 Å². The van der Waals surface area contributed by atoms with Gasteiger partial charge in [0.25, 0.3) is 17.2 Å². The van der Waals surface area contributed by atoms with Gasteiger partial charge in [-0.3, -0.25) is 9.35 Å². The number of carbonyl (C=O) groups is 1. The Balaban J connectivity index is 1.75. The summed E-state index contributed by atoms with van der Waals surface area (Å²) in [5, 5.41) is 0.890. The molecule has 0 fully saturated rings. The second-order valence-corrected chi connectivity index (χ2v) is 10.4. The van der Waals surface area contributed by atoms with Gasteiger partial charge in [0.1, 0.15) is 10.8 Å². The maximum Gasteiger partial charge on any atom is 0.272 e. The molecule has 6 nitrogen and oxygen atoms in total. The highest BCUT2D eigenvalue weighted by atomic mass is 79.9. The second-order valence-electron chi connectivity index (χ2n) is 6.59. The molecule has 2 aromatic carbocycles. The standard InChI is InChI=1S/C20H14BrCl2N3O3S2/c1-11-24-16-5-3-12(20(27)26(31(28)29)19-7-6-18(23)30-19)8-17(16)25(11)10-13-2-4-14(21)9-15(13)22/h2-9H,10H2,1H3,(H,28,29). The Kier molecular flexibility index (Phi) is 6.52. The predicted octanol–water partition coefficient (Wildman–Crippen LogP) is 6.31. The molecule has 2 heterocycles.